The molecule has 0 spiro atoms. The normalized spacial score (nSPS) is 12.8. The van der Waals surface area contributed by atoms with Crippen LogP contribution in [0.15, 0.2) is 0 Å². The van der Waals surface area contributed by atoms with Gasteiger partial charge in [-0.25, -0.2) is 9.59 Å². The van der Waals surface area contributed by atoms with Crippen LogP contribution < -0.4 is 21.7 Å². The Bertz CT molecular complexity index is 876. The fourth-order valence-corrected chi connectivity index (χ4v) is 3.43. The predicted octanol–water partition coefficient (Wildman–Crippen LogP) is -0.340. The zero-order valence-corrected chi connectivity index (χ0v) is 29.8. The highest BCUT2D eigenvalue weighted by Gasteiger charge is 2.26. The van der Waals surface area contributed by atoms with Crippen LogP contribution in [-0.4, -0.2) is 159 Å². The van der Waals surface area contributed by atoms with Crippen molar-refractivity contribution in [3.05, 3.63) is 0 Å². The summed E-state index contributed by atoms with van der Waals surface area (Å²) in [5.41, 5.74) is 4.79. The van der Waals surface area contributed by atoms with Gasteiger partial charge in [0.25, 0.3) is 0 Å². The highest BCUT2D eigenvalue weighted by molar-refractivity contribution is 5.90. The van der Waals surface area contributed by atoms with Gasteiger partial charge in [-0.1, -0.05) is 13.8 Å². The molecule has 0 aliphatic carbocycles. The molecule has 0 aliphatic heterocycles. The fourth-order valence-electron chi connectivity index (χ4n) is 3.43. The van der Waals surface area contributed by atoms with Gasteiger partial charge < -0.3 is 69.4 Å². The number of ether oxygens (including phenoxy) is 9. The van der Waals surface area contributed by atoms with Crippen LogP contribution in [0, 0.1) is 5.92 Å². The second-order valence-electron chi connectivity index (χ2n) is 11.7. The van der Waals surface area contributed by atoms with Gasteiger partial charge in [0.2, 0.25) is 11.8 Å². The number of carboxylic acid groups (broad SMARTS) is 1. The topological polar surface area (TPSA) is 234 Å². The molecule has 0 aliphatic rings. The molecule has 0 aromatic rings. The first kappa shape index (κ1) is 46.3. The Hall–Kier alpha value is -2.68. The lowest BCUT2D eigenvalue weighted by Gasteiger charge is -2.22. The van der Waals surface area contributed by atoms with Crippen LogP contribution in [-0.2, 0) is 57.0 Å². The molecule has 288 valence electrons. The Balaban J connectivity index is 3.40. The van der Waals surface area contributed by atoms with Crippen LogP contribution in [0.2, 0.25) is 0 Å². The Morgan fingerprint density at radius 1 is 0.612 bits per heavy atom. The fraction of sp³-hybridized carbons (Fsp3) is 0.871. The van der Waals surface area contributed by atoms with Crippen molar-refractivity contribution >= 4 is 23.9 Å². The van der Waals surface area contributed by atoms with Crippen molar-refractivity contribution in [1.29, 1.82) is 0 Å². The van der Waals surface area contributed by atoms with E-state index in [-0.39, 0.29) is 25.6 Å². The Morgan fingerprint density at radius 2 is 0.980 bits per heavy atom. The Kier molecular flexibility index (Phi) is 28.5. The number of nitrogens with one attached hydrogen (secondary N) is 3. The summed E-state index contributed by atoms with van der Waals surface area (Å²) in [6, 6.07) is -0.920. The van der Waals surface area contributed by atoms with Gasteiger partial charge in [0.15, 0.2) is 6.17 Å². The SMILES string of the molecule is CC(C)C(NC(=O)CCOCCOCCOCCOCCOCCOCCOCCOCCNC(=O)OC(C)(C)C)C(=O)N[C@@H](N)C(=O)O. The molecule has 0 fully saturated rings. The van der Waals surface area contributed by atoms with Crippen LogP contribution in [0.1, 0.15) is 41.0 Å². The molecular formula is C31H60N4O14. The number of hydrogen-bond acceptors (Lipinski definition) is 14. The van der Waals surface area contributed by atoms with E-state index in [1.54, 1.807) is 34.6 Å². The van der Waals surface area contributed by atoms with Crippen LogP contribution in [0.5, 0.6) is 0 Å². The molecule has 18 heteroatoms. The maximum Gasteiger partial charge on any atom is 0.407 e. The second kappa shape index (κ2) is 30.2. The lowest BCUT2D eigenvalue weighted by molar-refractivity contribution is -0.142. The summed E-state index contributed by atoms with van der Waals surface area (Å²) in [5, 5.41) is 16.2. The molecule has 0 bridgehead atoms. The number of rotatable bonds is 32. The average molecular weight is 713 g/mol. The van der Waals surface area contributed by atoms with Crippen molar-refractivity contribution in [2.24, 2.45) is 11.7 Å². The zero-order chi connectivity index (χ0) is 36.8. The molecule has 2 atom stereocenters. The predicted molar refractivity (Wildman–Crippen MR) is 176 cm³/mol. The summed E-state index contributed by atoms with van der Waals surface area (Å²) in [7, 11) is 0. The van der Waals surface area contributed by atoms with E-state index in [1.807, 2.05) is 0 Å². The van der Waals surface area contributed by atoms with E-state index in [1.165, 1.54) is 0 Å². The number of carboxylic acids is 1. The molecule has 6 N–H and O–H groups in total. The van der Waals surface area contributed by atoms with Gasteiger partial charge in [0.05, 0.1) is 106 Å². The molecule has 0 aromatic carbocycles. The van der Waals surface area contributed by atoms with E-state index in [9.17, 15) is 19.2 Å². The van der Waals surface area contributed by atoms with Gasteiger partial charge in [-0.15, -0.1) is 0 Å². The molecule has 18 nitrogen and oxygen atoms in total. The van der Waals surface area contributed by atoms with Crippen molar-refractivity contribution < 1.29 is 66.9 Å². The van der Waals surface area contributed by atoms with Gasteiger partial charge in [-0.3, -0.25) is 9.59 Å². The molecule has 1 unspecified atom stereocenters. The number of alkyl carbamates (subject to hydrolysis) is 1. The third kappa shape index (κ3) is 31.1. The van der Waals surface area contributed by atoms with Crippen LogP contribution in [0.25, 0.3) is 0 Å². The van der Waals surface area contributed by atoms with Crippen molar-refractivity contribution in [3.8, 4) is 0 Å². The maximum absolute atomic E-state index is 12.2. The van der Waals surface area contributed by atoms with E-state index in [0.717, 1.165) is 0 Å². The summed E-state index contributed by atoms with van der Waals surface area (Å²) in [4.78, 5) is 46.7. The van der Waals surface area contributed by atoms with Gasteiger partial charge in [0.1, 0.15) is 11.6 Å². The minimum atomic E-state index is -1.55. The van der Waals surface area contributed by atoms with E-state index in [2.05, 4.69) is 16.0 Å². The highest BCUT2D eigenvalue weighted by Crippen LogP contribution is 2.06. The van der Waals surface area contributed by atoms with E-state index >= 15 is 0 Å². The molecule has 0 radical (unpaired) electrons. The smallest absolute Gasteiger partial charge is 0.407 e. The molecule has 3 amide bonds. The summed E-state index contributed by atoms with van der Waals surface area (Å²) < 4.78 is 48.5. The van der Waals surface area contributed by atoms with Gasteiger partial charge >= 0.3 is 12.1 Å². The molecular weight excluding hydrogens is 652 g/mol. The standard InChI is InChI=1S/C31H60N4O14/c1-24(2)26(28(37)35-27(32)29(38)39)34-25(36)6-8-41-10-12-43-14-16-45-18-20-47-22-23-48-21-19-46-17-15-44-13-11-42-9-7-33-30(40)49-31(3,4)5/h24,26-27H,6-23,32H2,1-5H3,(H,33,40)(H,34,36)(H,35,37)(H,38,39)/t26?,27-/m1/s1. The number of amides is 3. The van der Waals surface area contributed by atoms with E-state index in [4.69, 9.17) is 53.5 Å². The van der Waals surface area contributed by atoms with Gasteiger partial charge in [-0.2, -0.15) is 0 Å². The highest BCUT2D eigenvalue weighted by atomic mass is 16.6. The minimum absolute atomic E-state index is 0.0253. The number of carbonyl (C=O) groups is 4. The third-order valence-corrected chi connectivity index (χ3v) is 5.82. The number of carbonyl (C=O) groups excluding carboxylic acids is 3. The molecule has 0 saturated heterocycles. The van der Waals surface area contributed by atoms with E-state index in [0.29, 0.717) is 99.0 Å². The Morgan fingerprint density at radius 3 is 1.33 bits per heavy atom. The zero-order valence-electron chi connectivity index (χ0n) is 29.8. The number of nitrogens with two attached hydrogens (primary N) is 1. The Labute approximate surface area is 289 Å². The van der Waals surface area contributed by atoms with Gasteiger partial charge in [0, 0.05) is 13.0 Å². The molecule has 49 heavy (non-hydrogen) atoms. The monoisotopic (exact) mass is 712 g/mol. The third-order valence-electron chi connectivity index (χ3n) is 5.82. The van der Waals surface area contributed by atoms with Crippen molar-refractivity contribution in [2.75, 3.05) is 112 Å². The van der Waals surface area contributed by atoms with Crippen molar-refractivity contribution in [1.82, 2.24) is 16.0 Å². The largest absolute Gasteiger partial charge is 0.479 e. The molecule has 0 heterocycles. The first-order valence-electron chi connectivity index (χ1n) is 16.5. The molecule has 0 saturated carbocycles. The minimum Gasteiger partial charge on any atom is -0.479 e. The second-order valence-corrected chi connectivity index (χ2v) is 11.7. The summed E-state index contributed by atoms with van der Waals surface area (Å²) in [6.45, 7) is 15.5. The molecule has 0 rings (SSSR count). The van der Waals surface area contributed by atoms with Crippen molar-refractivity contribution in [2.45, 2.75) is 58.8 Å². The number of hydrogen-bond donors (Lipinski definition) is 5. The summed E-state index contributed by atoms with van der Waals surface area (Å²) in [5.74, 6) is -2.73. The first-order chi connectivity index (χ1) is 23.3. The lowest BCUT2D eigenvalue weighted by atomic mass is 10.0. The summed E-state index contributed by atoms with van der Waals surface area (Å²) in [6.07, 6.45) is -1.99. The quantitative estimate of drug-likeness (QED) is 0.0443. The van der Waals surface area contributed by atoms with E-state index < -0.39 is 41.7 Å². The first-order valence-corrected chi connectivity index (χ1v) is 16.5. The lowest BCUT2D eigenvalue weighted by Crippen LogP contribution is -2.56. The van der Waals surface area contributed by atoms with Gasteiger partial charge in [-0.05, 0) is 26.7 Å². The number of aliphatic carboxylic acids is 1. The van der Waals surface area contributed by atoms with Crippen LogP contribution in [0.4, 0.5) is 4.79 Å². The average Bonchev–Trinajstić information content (AvgIpc) is 3.02. The maximum atomic E-state index is 12.2. The summed E-state index contributed by atoms with van der Waals surface area (Å²) >= 11 is 0. The van der Waals surface area contributed by atoms with Crippen LogP contribution >= 0.6 is 0 Å². The van der Waals surface area contributed by atoms with Crippen molar-refractivity contribution in [3.63, 3.8) is 0 Å². The van der Waals surface area contributed by atoms with Crippen LogP contribution in [0.3, 0.4) is 0 Å². The molecule has 0 aromatic heterocycles.